The number of methoxy groups -OCH3 is 1. The first kappa shape index (κ1) is 15.1. The highest BCUT2D eigenvalue weighted by Crippen LogP contribution is 2.24. The van der Waals surface area contributed by atoms with Gasteiger partial charge >= 0.3 is 6.09 Å². The van der Waals surface area contributed by atoms with Gasteiger partial charge < -0.3 is 13.9 Å². The van der Waals surface area contributed by atoms with Crippen molar-refractivity contribution in [3.05, 3.63) is 53.7 Å². The average Bonchev–Trinajstić information content (AvgIpc) is 3.25. The van der Waals surface area contributed by atoms with Crippen LogP contribution < -0.4 is 10.1 Å². The van der Waals surface area contributed by atoms with E-state index in [1.807, 2.05) is 17.5 Å². The molecule has 1 N–H and O–H groups in total. The minimum Gasteiger partial charge on any atom is -0.487 e. The van der Waals surface area contributed by atoms with E-state index in [1.54, 1.807) is 41.9 Å². The van der Waals surface area contributed by atoms with E-state index in [4.69, 9.17) is 9.15 Å². The number of oxazole rings is 1. The van der Waals surface area contributed by atoms with Gasteiger partial charge in [-0.3, -0.25) is 5.32 Å². The molecule has 0 fully saturated rings. The van der Waals surface area contributed by atoms with E-state index in [2.05, 4.69) is 15.0 Å². The van der Waals surface area contributed by atoms with Crippen LogP contribution in [0.25, 0.3) is 10.8 Å². The molecule has 118 valence electrons. The quantitative estimate of drug-likeness (QED) is 0.760. The van der Waals surface area contributed by atoms with Gasteiger partial charge in [-0.2, -0.15) is 0 Å². The Morgan fingerprint density at radius 2 is 2.13 bits per heavy atom. The number of hydrogen-bond acceptors (Lipinski definition) is 6. The summed E-state index contributed by atoms with van der Waals surface area (Å²) in [5.74, 6) is 1.26. The third kappa shape index (κ3) is 3.89. The number of aromatic nitrogens is 1. The Labute approximate surface area is 136 Å². The van der Waals surface area contributed by atoms with Crippen LogP contribution in [0.5, 0.6) is 5.75 Å². The van der Waals surface area contributed by atoms with E-state index in [9.17, 15) is 4.79 Å². The summed E-state index contributed by atoms with van der Waals surface area (Å²) in [6.07, 6.45) is 1.07. The van der Waals surface area contributed by atoms with Crippen LogP contribution in [0.2, 0.25) is 0 Å². The molecule has 0 aliphatic carbocycles. The summed E-state index contributed by atoms with van der Waals surface area (Å²) in [7, 11) is 1.31. The number of anilines is 1. The smallest absolute Gasteiger partial charge is 0.411 e. The highest BCUT2D eigenvalue weighted by molar-refractivity contribution is 7.13. The number of rotatable bonds is 5. The standard InChI is InChI=1S/C16H14N2O4S/c1-20-16(19)18-11-4-6-13(7-5-11)21-9-12-10-22-15(17-12)14-3-2-8-23-14/h2-8,10H,9H2,1H3,(H,18,19). The van der Waals surface area contributed by atoms with Crippen molar-refractivity contribution in [3.63, 3.8) is 0 Å². The zero-order valence-corrected chi connectivity index (χ0v) is 13.1. The highest BCUT2D eigenvalue weighted by atomic mass is 32.1. The van der Waals surface area contributed by atoms with E-state index < -0.39 is 6.09 Å². The fourth-order valence-corrected chi connectivity index (χ4v) is 2.50. The third-order valence-electron chi connectivity index (χ3n) is 2.96. The van der Waals surface area contributed by atoms with Crippen molar-refractivity contribution in [2.24, 2.45) is 0 Å². The summed E-state index contributed by atoms with van der Waals surface area (Å²) in [4.78, 5) is 16.5. The lowest BCUT2D eigenvalue weighted by atomic mass is 10.3. The topological polar surface area (TPSA) is 73.6 Å². The summed E-state index contributed by atoms with van der Waals surface area (Å²) >= 11 is 1.57. The molecule has 0 aliphatic rings. The lowest BCUT2D eigenvalue weighted by Crippen LogP contribution is -2.10. The number of carbonyl (C=O) groups is 1. The molecule has 0 radical (unpaired) electrons. The van der Waals surface area contributed by atoms with E-state index in [0.717, 1.165) is 4.88 Å². The number of thiophene rings is 1. The molecule has 0 saturated heterocycles. The van der Waals surface area contributed by atoms with Gasteiger partial charge in [0.2, 0.25) is 5.89 Å². The predicted octanol–water partition coefficient (Wildman–Crippen LogP) is 4.16. The van der Waals surface area contributed by atoms with E-state index >= 15 is 0 Å². The van der Waals surface area contributed by atoms with Crippen molar-refractivity contribution in [2.75, 3.05) is 12.4 Å². The Morgan fingerprint density at radius 3 is 2.83 bits per heavy atom. The molecular weight excluding hydrogens is 316 g/mol. The molecule has 3 aromatic rings. The molecule has 0 aliphatic heterocycles. The van der Waals surface area contributed by atoms with E-state index in [1.165, 1.54) is 7.11 Å². The zero-order valence-electron chi connectivity index (χ0n) is 12.3. The first-order valence-electron chi connectivity index (χ1n) is 6.81. The lowest BCUT2D eigenvalue weighted by Gasteiger charge is -2.06. The first-order valence-corrected chi connectivity index (χ1v) is 7.68. The second-order valence-electron chi connectivity index (χ2n) is 4.55. The molecule has 0 bridgehead atoms. The Balaban J connectivity index is 1.57. The summed E-state index contributed by atoms with van der Waals surface area (Å²) in [6.45, 7) is 0.304. The van der Waals surface area contributed by atoms with Gasteiger partial charge in [0.15, 0.2) is 0 Å². The van der Waals surface area contributed by atoms with Crippen LogP contribution in [-0.4, -0.2) is 18.2 Å². The van der Waals surface area contributed by atoms with Gasteiger partial charge in [-0.25, -0.2) is 9.78 Å². The predicted molar refractivity (Wildman–Crippen MR) is 86.6 cm³/mol. The number of nitrogens with one attached hydrogen (secondary N) is 1. The molecule has 0 saturated carbocycles. The lowest BCUT2D eigenvalue weighted by molar-refractivity contribution is 0.187. The Bertz CT molecular complexity index is 766. The molecular formula is C16H14N2O4S. The minimum absolute atomic E-state index is 0.304. The van der Waals surface area contributed by atoms with Gasteiger partial charge in [0.1, 0.15) is 24.3 Å². The second kappa shape index (κ2) is 6.97. The van der Waals surface area contributed by atoms with Crippen LogP contribution in [-0.2, 0) is 11.3 Å². The van der Waals surface area contributed by atoms with Crippen molar-refractivity contribution in [3.8, 4) is 16.5 Å². The fraction of sp³-hybridized carbons (Fsp3) is 0.125. The van der Waals surface area contributed by atoms with Crippen molar-refractivity contribution in [1.82, 2.24) is 4.98 Å². The van der Waals surface area contributed by atoms with Crippen molar-refractivity contribution < 1.29 is 18.7 Å². The number of carbonyl (C=O) groups excluding carboxylic acids is 1. The van der Waals surface area contributed by atoms with Gasteiger partial charge in [-0.1, -0.05) is 6.07 Å². The summed E-state index contributed by atoms with van der Waals surface area (Å²) in [5, 5.41) is 4.54. The molecule has 23 heavy (non-hydrogen) atoms. The van der Waals surface area contributed by atoms with E-state index in [0.29, 0.717) is 29.6 Å². The zero-order chi connectivity index (χ0) is 16.1. The second-order valence-corrected chi connectivity index (χ2v) is 5.50. The molecule has 1 aromatic carbocycles. The molecule has 0 spiro atoms. The molecule has 0 unspecified atom stereocenters. The van der Waals surface area contributed by atoms with Crippen molar-refractivity contribution >= 4 is 23.1 Å². The van der Waals surface area contributed by atoms with Crippen molar-refractivity contribution in [1.29, 1.82) is 0 Å². The summed E-state index contributed by atoms with van der Waals surface area (Å²) < 4.78 is 15.6. The molecule has 7 heteroatoms. The van der Waals surface area contributed by atoms with Crippen LogP contribution in [0, 0.1) is 0 Å². The largest absolute Gasteiger partial charge is 0.487 e. The number of benzene rings is 1. The average molecular weight is 330 g/mol. The fourth-order valence-electron chi connectivity index (χ4n) is 1.85. The number of amides is 1. The van der Waals surface area contributed by atoms with Gasteiger partial charge in [0, 0.05) is 5.69 Å². The Morgan fingerprint density at radius 1 is 1.30 bits per heavy atom. The maximum Gasteiger partial charge on any atom is 0.411 e. The summed E-state index contributed by atoms with van der Waals surface area (Å²) in [5.41, 5.74) is 1.34. The van der Waals surface area contributed by atoms with Crippen LogP contribution in [0.1, 0.15) is 5.69 Å². The van der Waals surface area contributed by atoms with E-state index in [-0.39, 0.29) is 0 Å². The van der Waals surface area contributed by atoms with Crippen LogP contribution in [0.4, 0.5) is 10.5 Å². The Hall–Kier alpha value is -2.80. The minimum atomic E-state index is -0.512. The van der Waals surface area contributed by atoms with Crippen LogP contribution >= 0.6 is 11.3 Å². The number of hydrogen-bond donors (Lipinski definition) is 1. The maximum atomic E-state index is 11.1. The van der Waals surface area contributed by atoms with Gasteiger partial charge in [0.25, 0.3) is 0 Å². The molecule has 0 atom stereocenters. The third-order valence-corrected chi connectivity index (χ3v) is 3.81. The number of ether oxygens (including phenoxy) is 2. The molecule has 6 nitrogen and oxygen atoms in total. The van der Waals surface area contributed by atoms with Crippen LogP contribution in [0.15, 0.2) is 52.5 Å². The van der Waals surface area contributed by atoms with Gasteiger partial charge in [-0.15, -0.1) is 11.3 Å². The normalized spacial score (nSPS) is 10.3. The van der Waals surface area contributed by atoms with Gasteiger partial charge in [0.05, 0.1) is 12.0 Å². The molecule has 3 rings (SSSR count). The van der Waals surface area contributed by atoms with Crippen molar-refractivity contribution in [2.45, 2.75) is 6.61 Å². The SMILES string of the molecule is COC(=O)Nc1ccc(OCc2coc(-c3cccs3)n2)cc1. The van der Waals surface area contributed by atoms with Gasteiger partial charge in [-0.05, 0) is 35.7 Å². The monoisotopic (exact) mass is 330 g/mol. The Kier molecular flexibility index (Phi) is 4.58. The molecule has 2 heterocycles. The molecule has 2 aromatic heterocycles. The number of nitrogens with zero attached hydrogens (tertiary/aromatic N) is 1. The first-order chi connectivity index (χ1) is 11.2. The maximum absolute atomic E-state index is 11.1. The summed E-state index contributed by atoms with van der Waals surface area (Å²) in [6, 6.07) is 10.9. The molecule has 1 amide bonds. The highest BCUT2D eigenvalue weighted by Gasteiger charge is 2.08. The van der Waals surface area contributed by atoms with Crippen LogP contribution in [0.3, 0.4) is 0 Å².